The van der Waals surface area contributed by atoms with Crippen molar-refractivity contribution in [1.82, 2.24) is 0 Å². The molecule has 2 aromatic carbocycles. The molecule has 0 bridgehead atoms. The average molecular weight is 422 g/mol. The number of carbonyl (C=O) groups is 2. The molecule has 0 aromatic heterocycles. The minimum Gasteiger partial charge on any atom is -0.452 e. The largest absolute Gasteiger partial charge is 0.452 e. The van der Waals surface area contributed by atoms with Gasteiger partial charge < -0.3 is 15.0 Å². The van der Waals surface area contributed by atoms with Crippen LogP contribution in [0.1, 0.15) is 23.2 Å². The number of amides is 1. The van der Waals surface area contributed by atoms with E-state index < -0.39 is 29.2 Å². The van der Waals surface area contributed by atoms with E-state index in [1.54, 1.807) is 0 Å². The van der Waals surface area contributed by atoms with Crippen LogP contribution in [0.15, 0.2) is 36.4 Å². The van der Waals surface area contributed by atoms with Crippen LogP contribution in [0.2, 0.25) is 5.02 Å². The number of carbonyl (C=O) groups excluding carboxylic acids is 2. The third-order valence-electron chi connectivity index (χ3n) is 4.39. The third-order valence-corrected chi connectivity index (χ3v) is 4.63. The summed E-state index contributed by atoms with van der Waals surface area (Å²) in [4.78, 5) is 36.8. The highest BCUT2D eigenvalue weighted by Crippen LogP contribution is 2.31. The van der Waals surface area contributed by atoms with Crippen LogP contribution in [0.5, 0.6) is 0 Å². The number of halogens is 2. The lowest BCUT2D eigenvalue weighted by molar-refractivity contribution is -0.384. The SMILES string of the molecule is O=C(COC(=O)c1ccc(N2CCCC2)c([N+](=O)[O-])c1)Nc1cc(Cl)ccc1F. The van der Waals surface area contributed by atoms with Crippen molar-refractivity contribution in [1.29, 1.82) is 0 Å². The van der Waals surface area contributed by atoms with E-state index in [4.69, 9.17) is 16.3 Å². The molecule has 1 fully saturated rings. The summed E-state index contributed by atoms with van der Waals surface area (Å²) in [6.45, 7) is 0.738. The van der Waals surface area contributed by atoms with Gasteiger partial charge in [-0.25, -0.2) is 9.18 Å². The van der Waals surface area contributed by atoms with Crippen molar-refractivity contribution in [3.63, 3.8) is 0 Å². The molecule has 1 aliphatic rings. The predicted molar refractivity (Wildman–Crippen MR) is 105 cm³/mol. The highest BCUT2D eigenvalue weighted by Gasteiger charge is 2.24. The first kappa shape index (κ1) is 20.5. The van der Waals surface area contributed by atoms with Crippen molar-refractivity contribution in [2.75, 3.05) is 29.9 Å². The maximum absolute atomic E-state index is 13.6. The fraction of sp³-hybridized carbons (Fsp3) is 0.263. The van der Waals surface area contributed by atoms with Crippen molar-refractivity contribution in [2.45, 2.75) is 12.8 Å². The lowest BCUT2D eigenvalue weighted by Crippen LogP contribution is -2.22. The molecule has 1 amide bonds. The zero-order valence-electron chi connectivity index (χ0n) is 15.2. The Morgan fingerprint density at radius 2 is 1.93 bits per heavy atom. The fourth-order valence-electron chi connectivity index (χ4n) is 3.02. The molecule has 3 rings (SSSR count). The number of rotatable bonds is 6. The van der Waals surface area contributed by atoms with Crippen molar-refractivity contribution >= 4 is 40.5 Å². The quantitative estimate of drug-likeness (QED) is 0.432. The molecule has 0 unspecified atom stereocenters. The first-order valence-corrected chi connectivity index (χ1v) is 9.18. The number of nitro groups is 1. The normalized spacial score (nSPS) is 13.2. The second kappa shape index (κ2) is 8.87. The minimum atomic E-state index is -0.900. The molecule has 1 aliphatic heterocycles. The van der Waals surface area contributed by atoms with Gasteiger partial charge in [-0.1, -0.05) is 11.6 Å². The van der Waals surface area contributed by atoms with Gasteiger partial charge in [0.15, 0.2) is 6.61 Å². The lowest BCUT2D eigenvalue weighted by atomic mass is 10.1. The molecule has 0 atom stereocenters. The summed E-state index contributed by atoms with van der Waals surface area (Å²) in [6, 6.07) is 7.68. The fourth-order valence-corrected chi connectivity index (χ4v) is 3.19. The van der Waals surface area contributed by atoms with Crippen molar-refractivity contribution < 1.29 is 23.6 Å². The second-order valence-corrected chi connectivity index (χ2v) is 6.84. The average Bonchev–Trinajstić information content (AvgIpc) is 3.23. The molecule has 0 saturated carbocycles. The van der Waals surface area contributed by atoms with Gasteiger partial charge in [-0.05, 0) is 43.2 Å². The van der Waals surface area contributed by atoms with Crippen LogP contribution < -0.4 is 10.2 Å². The van der Waals surface area contributed by atoms with Gasteiger partial charge in [0.2, 0.25) is 0 Å². The van der Waals surface area contributed by atoms with Crippen LogP contribution in [-0.4, -0.2) is 36.5 Å². The zero-order valence-corrected chi connectivity index (χ0v) is 15.9. The first-order chi connectivity index (χ1) is 13.8. The molecule has 29 heavy (non-hydrogen) atoms. The summed E-state index contributed by atoms with van der Waals surface area (Å²) < 4.78 is 18.5. The first-order valence-electron chi connectivity index (χ1n) is 8.80. The van der Waals surface area contributed by atoms with E-state index in [0.29, 0.717) is 18.8 Å². The molecule has 0 radical (unpaired) electrons. The number of hydrogen-bond donors (Lipinski definition) is 1. The monoisotopic (exact) mass is 421 g/mol. The molecular formula is C19H17ClFN3O5. The molecule has 10 heteroatoms. The van der Waals surface area contributed by atoms with Crippen molar-refractivity contribution in [3.05, 3.63) is 62.9 Å². The van der Waals surface area contributed by atoms with Gasteiger partial charge in [-0.2, -0.15) is 0 Å². The molecule has 1 N–H and O–H groups in total. The molecule has 8 nitrogen and oxygen atoms in total. The van der Waals surface area contributed by atoms with Crippen LogP contribution in [0.25, 0.3) is 0 Å². The van der Waals surface area contributed by atoms with E-state index in [9.17, 15) is 24.1 Å². The summed E-state index contributed by atoms with van der Waals surface area (Å²) in [6.07, 6.45) is 1.90. The smallest absolute Gasteiger partial charge is 0.338 e. The summed E-state index contributed by atoms with van der Waals surface area (Å²) in [5.41, 5.74) is 0.0376. The Kier molecular flexibility index (Phi) is 6.28. The molecule has 1 heterocycles. The van der Waals surface area contributed by atoms with Gasteiger partial charge in [0.1, 0.15) is 11.5 Å². The van der Waals surface area contributed by atoms with E-state index in [-0.39, 0.29) is 22.0 Å². The number of nitrogens with zero attached hydrogens (tertiary/aromatic N) is 2. The third kappa shape index (κ3) is 5.00. The van der Waals surface area contributed by atoms with E-state index in [1.807, 2.05) is 4.90 Å². The highest BCUT2D eigenvalue weighted by molar-refractivity contribution is 6.30. The van der Waals surface area contributed by atoms with E-state index in [1.165, 1.54) is 24.3 Å². The van der Waals surface area contributed by atoms with E-state index >= 15 is 0 Å². The topological polar surface area (TPSA) is 102 Å². The van der Waals surface area contributed by atoms with Crippen LogP contribution in [0, 0.1) is 15.9 Å². The Morgan fingerprint density at radius 3 is 2.62 bits per heavy atom. The highest BCUT2D eigenvalue weighted by atomic mass is 35.5. The van der Waals surface area contributed by atoms with Gasteiger partial charge in [0.25, 0.3) is 11.6 Å². The number of anilines is 2. The molecule has 2 aromatic rings. The standard InChI is InChI=1S/C19H17ClFN3O5/c20-13-4-5-14(21)15(10-13)22-18(25)11-29-19(26)12-3-6-16(17(9-12)24(27)28)23-7-1-2-8-23/h3-6,9-10H,1-2,7-8,11H2,(H,22,25). The van der Waals surface area contributed by atoms with Crippen molar-refractivity contribution in [2.24, 2.45) is 0 Å². The number of nitrogens with one attached hydrogen (secondary N) is 1. The summed E-state index contributed by atoms with van der Waals surface area (Å²) in [7, 11) is 0. The Hall–Kier alpha value is -3.20. The molecule has 0 spiro atoms. The maximum Gasteiger partial charge on any atom is 0.338 e. The molecule has 152 valence electrons. The Labute approximate surface area is 170 Å². The number of ether oxygens (including phenoxy) is 1. The minimum absolute atomic E-state index is 0.0543. The molecular weight excluding hydrogens is 405 g/mol. The Morgan fingerprint density at radius 1 is 1.21 bits per heavy atom. The number of nitro benzene ring substituents is 1. The van der Waals surface area contributed by atoms with E-state index in [2.05, 4.69) is 5.32 Å². The summed E-state index contributed by atoms with van der Waals surface area (Å²) in [5.74, 6) is -2.37. The van der Waals surface area contributed by atoms with Crippen LogP contribution in [-0.2, 0) is 9.53 Å². The van der Waals surface area contributed by atoms with Gasteiger partial charge >= 0.3 is 5.97 Å². The number of benzene rings is 2. The maximum atomic E-state index is 13.6. The Balaban J connectivity index is 1.65. The number of hydrogen-bond acceptors (Lipinski definition) is 6. The zero-order chi connectivity index (χ0) is 21.0. The van der Waals surface area contributed by atoms with Gasteiger partial charge in [0.05, 0.1) is 16.2 Å². The summed E-state index contributed by atoms with van der Waals surface area (Å²) >= 11 is 5.75. The summed E-state index contributed by atoms with van der Waals surface area (Å²) in [5, 5.41) is 13.9. The van der Waals surface area contributed by atoms with Gasteiger partial charge in [-0.15, -0.1) is 0 Å². The Bertz CT molecular complexity index is 963. The van der Waals surface area contributed by atoms with Crippen LogP contribution in [0.3, 0.4) is 0 Å². The van der Waals surface area contributed by atoms with Crippen LogP contribution >= 0.6 is 11.6 Å². The van der Waals surface area contributed by atoms with Gasteiger partial charge in [0, 0.05) is 24.2 Å². The predicted octanol–water partition coefficient (Wildman–Crippen LogP) is 3.78. The van der Waals surface area contributed by atoms with Crippen LogP contribution in [0.4, 0.5) is 21.5 Å². The lowest BCUT2D eigenvalue weighted by Gasteiger charge is -2.17. The van der Waals surface area contributed by atoms with E-state index in [0.717, 1.165) is 25.0 Å². The van der Waals surface area contributed by atoms with Gasteiger partial charge in [-0.3, -0.25) is 14.9 Å². The molecule has 0 aliphatic carbocycles. The second-order valence-electron chi connectivity index (χ2n) is 6.40. The van der Waals surface area contributed by atoms with Crippen molar-refractivity contribution in [3.8, 4) is 0 Å². The molecule has 1 saturated heterocycles. The number of esters is 1.